The largest absolute Gasteiger partial charge is 0.394 e. The van der Waals surface area contributed by atoms with Crippen molar-refractivity contribution in [3.8, 4) is 0 Å². The van der Waals surface area contributed by atoms with Crippen LogP contribution in [0.25, 0.3) is 10.1 Å². The minimum Gasteiger partial charge on any atom is -0.394 e. The van der Waals surface area contributed by atoms with E-state index in [0.29, 0.717) is 17.5 Å². The van der Waals surface area contributed by atoms with E-state index in [9.17, 15) is 24.8 Å². The van der Waals surface area contributed by atoms with Gasteiger partial charge in [0.2, 0.25) is 0 Å². The van der Waals surface area contributed by atoms with Crippen molar-refractivity contribution in [2.45, 2.75) is 36.9 Å². The van der Waals surface area contributed by atoms with Crippen LogP contribution in [0.1, 0.15) is 22.1 Å². The Morgan fingerprint density at radius 1 is 0.964 bits per heavy atom. The first kappa shape index (κ1) is 19.4. The Bertz CT molecular complexity index is 939. The number of thiophene rings is 1. The summed E-state index contributed by atoms with van der Waals surface area (Å²) in [6, 6.07) is 14.4. The standard InChI is InChI=1S/C21H21FO5S/c22-15-6-5-12(21-20(26)19(25)18(24)16(10-23)27-21)7-13(15)9-14-8-11-3-1-2-4-17(11)28-14/h1-8,16,18-21,23-26H,9-10H2/t16?,18-,19+,20-,21+/m1/s1. The van der Waals surface area contributed by atoms with Gasteiger partial charge in [0.15, 0.2) is 0 Å². The lowest BCUT2D eigenvalue weighted by Gasteiger charge is -2.40. The van der Waals surface area contributed by atoms with Gasteiger partial charge in [0.05, 0.1) is 6.61 Å². The maximum atomic E-state index is 14.4. The van der Waals surface area contributed by atoms with E-state index in [1.165, 1.54) is 12.1 Å². The Morgan fingerprint density at radius 2 is 1.75 bits per heavy atom. The van der Waals surface area contributed by atoms with Gasteiger partial charge in [-0.15, -0.1) is 11.3 Å². The van der Waals surface area contributed by atoms with Crippen molar-refractivity contribution >= 4 is 21.4 Å². The summed E-state index contributed by atoms with van der Waals surface area (Å²) in [5.41, 5.74) is 0.926. The van der Waals surface area contributed by atoms with Gasteiger partial charge < -0.3 is 25.2 Å². The van der Waals surface area contributed by atoms with Gasteiger partial charge in [-0.05, 0) is 40.8 Å². The van der Waals surface area contributed by atoms with Gasteiger partial charge >= 0.3 is 0 Å². The number of hydrogen-bond donors (Lipinski definition) is 4. The van der Waals surface area contributed by atoms with Crippen LogP contribution in [0.2, 0.25) is 0 Å². The lowest BCUT2D eigenvalue weighted by molar-refractivity contribution is -0.231. The van der Waals surface area contributed by atoms with Crippen LogP contribution in [-0.4, -0.2) is 51.4 Å². The van der Waals surface area contributed by atoms with Gasteiger partial charge in [-0.1, -0.05) is 24.3 Å². The summed E-state index contributed by atoms with van der Waals surface area (Å²) in [4.78, 5) is 1.01. The molecule has 5 nitrogen and oxygen atoms in total. The summed E-state index contributed by atoms with van der Waals surface area (Å²) in [7, 11) is 0. The van der Waals surface area contributed by atoms with Crippen molar-refractivity contribution < 1.29 is 29.6 Å². The fraction of sp³-hybridized carbons (Fsp3) is 0.333. The third-order valence-corrected chi connectivity index (χ3v) is 6.25. The minimum absolute atomic E-state index is 0.370. The highest BCUT2D eigenvalue weighted by molar-refractivity contribution is 7.19. The predicted octanol–water partition coefficient (Wildman–Crippen LogP) is 2.15. The second kappa shape index (κ2) is 7.87. The molecular weight excluding hydrogens is 383 g/mol. The Labute approximate surface area is 165 Å². The van der Waals surface area contributed by atoms with Crippen molar-refractivity contribution in [2.24, 2.45) is 0 Å². The van der Waals surface area contributed by atoms with E-state index in [1.54, 1.807) is 17.4 Å². The Morgan fingerprint density at radius 3 is 2.50 bits per heavy atom. The number of fused-ring (bicyclic) bond motifs is 1. The number of rotatable bonds is 4. The summed E-state index contributed by atoms with van der Waals surface area (Å²) in [6.07, 6.45) is -5.87. The molecule has 148 valence electrons. The molecule has 0 radical (unpaired) electrons. The summed E-state index contributed by atoms with van der Waals surface area (Å²) >= 11 is 1.59. The highest BCUT2D eigenvalue weighted by atomic mass is 32.1. The molecule has 4 rings (SSSR count). The van der Waals surface area contributed by atoms with E-state index in [1.807, 2.05) is 30.3 Å². The molecule has 1 aromatic heterocycles. The van der Waals surface area contributed by atoms with Gasteiger partial charge in [-0.3, -0.25) is 0 Å². The molecule has 2 aromatic carbocycles. The zero-order valence-electron chi connectivity index (χ0n) is 14.9. The summed E-state index contributed by atoms with van der Waals surface area (Å²) < 4.78 is 21.1. The fourth-order valence-electron chi connectivity index (χ4n) is 3.60. The lowest BCUT2D eigenvalue weighted by atomic mass is 9.90. The van der Waals surface area contributed by atoms with E-state index < -0.39 is 37.1 Å². The van der Waals surface area contributed by atoms with Crippen LogP contribution in [0.3, 0.4) is 0 Å². The van der Waals surface area contributed by atoms with Crippen LogP contribution >= 0.6 is 11.3 Å². The molecule has 2 heterocycles. The molecule has 1 saturated heterocycles. The van der Waals surface area contributed by atoms with Crippen molar-refractivity contribution in [1.82, 2.24) is 0 Å². The van der Waals surface area contributed by atoms with Crippen molar-refractivity contribution in [2.75, 3.05) is 6.61 Å². The number of benzene rings is 2. The van der Waals surface area contributed by atoms with E-state index >= 15 is 0 Å². The van der Waals surface area contributed by atoms with E-state index in [-0.39, 0.29) is 5.82 Å². The molecule has 3 aromatic rings. The first-order chi connectivity index (χ1) is 13.5. The molecule has 28 heavy (non-hydrogen) atoms. The van der Waals surface area contributed by atoms with Crippen LogP contribution in [0.15, 0.2) is 48.5 Å². The van der Waals surface area contributed by atoms with Crippen LogP contribution in [-0.2, 0) is 11.2 Å². The Balaban J connectivity index is 1.63. The maximum absolute atomic E-state index is 14.4. The van der Waals surface area contributed by atoms with Crippen LogP contribution < -0.4 is 0 Å². The molecule has 1 aliphatic heterocycles. The molecule has 1 fully saturated rings. The normalized spacial score (nSPS) is 28.0. The lowest BCUT2D eigenvalue weighted by Crippen LogP contribution is -2.55. The minimum atomic E-state index is -1.47. The Hall–Kier alpha value is -1.87. The molecule has 0 amide bonds. The van der Waals surface area contributed by atoms with Crippen molar-refractivity contribution in [1.29, 1.82) is 0 Å². The zero-order valence-corrected chi connectivity index (χ0v) is 15.7. The second-order valence-corrected chi connectivity index (χ2v) is 8.20. The number of hydrogen-bond acceptors (Lipinski definition) is 6. The third-order valence-electron chi connectivity index (χ3n) is 5.13. The van der Waals surface area contributed by atoms with Crippen molar-refractivity contribution in [3.05, 3.63) is 70.4 Å². The van der Waals surface area contributed by atoms with Crippen LogP contribution in [0.4, 0.5) is 4.39 Å². The average molecular weight is 404 g/mol. The van der Waals surface area contributed by atoms with Crippen LogP contribution in [0, 0.1) is 5.82 Å². The van der Waals surface area contributed by atoms with E-state index in [4.69, 9.17) is 4.74 Å². The van der Waals surface area contributed by atoms with Gasteiger partial charge in [0.1, 0.15) is 36.3 Å². The number of ether oxygens (including phenoxy) is 1. The number of aliphatic hydroxyl groups excluding tert-OH is 4. The van der Waals surface area contributed by atoms with E-state index in [0.717, 1.165) is 15.0 Å². The maximum Gasteiger partial charge on any atom is 0.126 e. The molecule has 1 unspecified atom stereocenters. The van der Waals surface area contributed by atoms with Gasteiger partial charge in [0, 0.05) is 16.0 Å². The molecule has 5 atom stereocenters. The molecule has 0 saturated carbocycles. The molecule has 0 aliphatic carbocycles. The highest BCUT2D eigenvalue weighted by Crippen LogP contribution is 2.34. The van der Waals surface area contributed by atoms with Gasteiger partial charge in [-0.2, -0.15) is 0 Å². The quantitative estimate of drug-likeness (QED) is 0.535. The average Bonchev–Trinajstić information content (AvgIpc) is 3.11. The predicted molar refractivity (Wildman–Crippen MR) is 104 cm³/mol. The summed E-state index contributed by atoms with van der Waals surface area (Å²) in [6.45, 7) is -0.503. The monoisotopic (exact) mass is 404 g/mol. The molecule has 0 spiro atoms. The highest BCUT2D eigenvalue weighted by Gasteiger charge is 2.44. The summed E-state index contributed by atoms with van der Waals surface area (Å²) in [5, 5.41) is 40.7. The fourth-order valence-corrected chi connectivity index (χ4v) is 4.68. The molecule has 7 heteroatoms. The molecule has 4 N–H and O–H groups in total. The third kappa shape index (κ3) is 3.57. The SMILES string of the molecule is OCC1O[C@@H](c2ccc(F)c(Cc3cc4ccccc4s3)c2)[C@H](O)[C@@H](O)[C@@H]1O. The first-order valence-corrected chi connectivity index (χ1v) is 9.86. The molecule has 0 bridgehead atoms. The van der Waals surface area contributed by atoms with E-state index in [2.05, 4.69) is 0 Å². The van der Waals surface area contributed by atoms with Gasteiger partial charge in [-0.25, -0.2) is 4.39 Å². The van der Waals surface area contributed by atoms with Crippen molar-refractivity contribution in [3.63, 3.8) is 0 Å². The molecule has 1 aliphatic rings. The zero-order chi connectivity index (χ0) is 19.8. The number of aliphatic hydroxyl groups is 4. The number of halogens is 1. The second-order valence-electron chi connectivity index (χ2n) is 7.03. The summed E-state index contributed by atoms with van der Waals surface area (Å²) in [5.74, 6) is -0.370. The van der Waals surface area contributed by atoms with Crippen LogP contribution in [0.5, 0.6) is 0 Å². The Kier molecular flexibility index (Phi) is 5.46. The topological polar surface area (TPSA) is 90.2 Å². The first-order valence-electron chi connectivity index (χ1n) is 9.04. The van der Waals surface area contributed by atoms with Gasteiger partial charge in [0.25, 0.3) is 0 Å². The molecular formula is C21H21FO5S. The smallest absolute Gasteiger partial charge is 0.126 e.